The molecule has 3 rings (SSSR count). The van der Waals surface area contributed by atoms with Crippen molar-refractivity contribution in [3.63, 3.8) is 0 Å². The van der Waals surface area contributed by atoms with E-state index in [1.807, 2.05) is 48.5 Å². The Hall–Kier alpha value is -2.55. The molecule has 1 N–H and O–H groups in total. The molecule has 0 saturated heterocycles. The number of nitrogens with one attached hydrogen (secondary N) is 1. The molecule has 3 aromatic rings. The monoisotopic (exact) mass is 250 g/mol. The summed E-state index contributed by atoms with van der Waals surface area (Å²) in [5.41, 5.74) is 6.04. The molecule has 0 unspecified atom stereocenters. The van der Waals surface area contributed by atoms with Crippen LogP contribution in [0.2, 0.25) is 0 Å². The van der Waals surface area contributed by atoms with Gasteiger partial charge in [-0.25, -0.2) is 0 Å². The Labute approximate surface area is 111 Å². The fraction of sp³-hybridized carbons (Fsp3) is 0.0625. The summed E-state index contributed by atoms with van der Waals surface area (Å²) in [6, 6.07) is 17.8. The van der Waals surface area contributed by atoms with E-state index in [2.05, 4.69) is 23.5 Å². The fourth-order valence-corrected chi connectivity index (χ4v) is 1.94. The highest BCUT2D eigenvalue weighted by Gasteiger charge is 1.98. The summed E-state index contributed by atoms with van der Waals surface area (Å²) in [6.45, 7) is 2.06. The van der Waals surface area contributed by atoms with Gasteiger partial charge < -0.3 is 4.42 Å². The first-order chi connectivity index (χ1) is 9.33. The van der Waals surface area contributed by atoms with Crippen LogP contribution in [0.25, 0.3) is 11.0 Å². The molecule has 3 nitrogen and oxygen atoms in total. The van der Waals surface area contributed by atoms with Gasteiger partial charge >= 0.3 is 0 Å². The lowest BCUT2D eigenvalue weighted by atomic mass is 10.1. The zero-order valence-electron chi connectivity index (χ0n) is 10.6. The number of anilines is 1. The molecule has 0 fully saturated rings. The zero-order chi connectivity index (χ0) is 13.1. The summed E-state index contributed by atoms with van der Waals surface area (Å²) in [5.74, 6) is 0. The second-order valence-electron chi connectivity index (χ2n) is 4.40. The van der Waals surface area contributed by atoms with Crippen LogP contribution in [-0.4, -0.2) is 0 Å². The predicted molar refractivity (Wildman–Crippen MR) is 76.6 cm³/mol. The van der Waals surface area contributed by atoms with Gasteiger partial charge in [0.25, 0.3) is 0 Å². The average molecular weight is 250 g/mol. The van der Waals surface area contributed by atoms with Gasteiger partial charge in [-0.3, -0.25) is 5.43 Å². The Balaban J connectivity index is 2.07. The van der Waals surface area contributed by atoms with Crippen LogP contribution in [0.4, 0.5) is 5.69 Å². The summed E-state index contributed by atoms with van der Waals surface area (Å²) in [4.78, 5) is 0. The zero-order valence-corrected chi connectivity index (χ0v) is 10.6. The van der Waals surface area contributed by atoms with Crippen molar-refractivity contribution in [2.24, 2.45) is 5.10 Å². The van der Waals surface area contributed by atoms with Crippen molar-refractivity contribution in [2.45, 2.75) is 6.92 Å². The molecular formula is C16H14N2O. The Bertz CT molecular complexity index is 760. The van der Waals surface area contributed by atoms with Gasteiger partial charge in [-0.15, -0.1) is 0 Å². The SMILES string of the molecule is Cc1ccc2occ/c(=N\Nc3ccccc3)c2c1. The van der Waals surface area contributed by atoms with Crippen molar-refractivity contribution in [2.75, 3.05) is 5.43 Å². The fourth-order valence-electron chi connectivity index (χ4n) is 1.94. The van der Waals surface area contributed by atoms with E-state index in [0.717, 1.165) is 22.0 Å². The molecule has 0 radical (unpaired) electrons. The molecule has 0 aliphatic carbocycles. The maximum absolute atomic E-state index is 5.47. The molecule has 0 spiro atoms. The van der Waals surface area contributed by atoms with Crippen LogP contribution in [0.15, 0.2) is 70.4 Å². The average Bonchev–Trinajstić information content (AvgIpc) is 2.46. The highest BCUT2D eigenvalue weighted by Crippen LogP contribution is 2.11. The number of fused-ring (bicyclic) bond motifs is 1. The van der Waals surface area contributed by atoms with E-state index in [1.165, 1.54) is 5.56 Å². The third-order valence-corrected chi connectivity index (χ3v) is 2.91. The van der Waals surface area contributed by atoms with Crippen molar-refractivity contribution in [3.05, 3.63) is 71.8 Å². The van der Waals surface area contributed by atoms with E-state index in [-0.39, 0.29) is 0 Å². The molecule has 1 heterocycles. The van der Waals surface area contributed by atoms with E-state index in [9.17, 15) is 0 Å². The predicted octanol–water partition coefficient (Wildman–Crippen LogP) is 3.67. The molecule has 0 atom stereocenters. The van der Waals surface area contributed by atoms with Crippen LogP contribution < -0.4 is 10.8 Å². The smallest absolute Gasteiger partial charge is 0.135 e. The summed E-state index contributed by atoms with van der Waals surface area (Å²) in [5, 5.41) is 6.31. The number of hydrogen-bond donors (Lipinski definition) is 1. The van der Waals surface area contributed by atoms with E-state index in [0.29, 0.717) is 0 Å². The molecule has 94 valence electrons. The minimum atomic E-state index is 0.835. The molecule has 0 bridgehead atoms. The number of benzene rings is 2. The van der Waals surface area contributed by atoms with Gasteiger partial charge in [0.2, 0.25) is 0 Å². The van der Waals surface area contributed by atoms with Gasteiger partial charge in [0.05, 0.1) is 17.3 Å². The Kier molecular flexibility index (Phi) is 3.02. The summed E-state index contributed by atoms with van der Waals surface area (Å²) < 4.78 is 5.47. The largest absolute Gasteiger partial charge is 0.464 e. The van der Waals surface area contributed by atoms with Crippen LogP contribution in [0.5, 0.6) is 0 Å². The molecule has 19 heavy (non-hydrogen) atoms. The van der Waals surface area contributed by atoms with Gasteiger partial charge in [-0.1, -0.05) is 29.8 Å². The third kappa shape index (κ3) is 2.50. The maximum atomic E-state index is 5.47. The molecule has 0 aliphatic heterocycles. The first-order valence-corrected chi connectivity index (χ1v) is 6.16. The first-order valence-electron chi connectivity index (χ1n) is 6.16. The topological polar surface area (TPSA) is 37.5 Å². The number of rotatable bonds is 2. The second kappa shape index (κ2) is 4.98. The van der Waals surface area contributed by atoms with Gasteiger partial charge in [0, 0.05) is 11.5 Å². The number of nitrogens with zero attached hydrogens (tertiary/aromatic N) is 1. The van der Waals surface area contributed by atoms with Gasteiger partial charge in [0.15, 0.2) is 0 Å². The van der Waals surface area contributed by atoms with Gasteiger partial charge in [0.1, 0.15) is 5.58 Å². The van der Waals surface area contributed by atoms with E-state index >= 15 is 0 Å². The Morgan fingerprint density at radius 1 is 1.00 bits per heavy atom. The van der Waals surface area contributed by atoms with Gasteiger partial charge in [-0.2, -0.15) is 5.10 Å². The van der Waals surface area contributed by atoms with Gasteiger partial charge in [-0.05, 0) is 31.2 Å². The van der Waals surface area contributed by atoms with Crippen LogP contribution >= 0.6 is 0 Å². The maximum Gasteiger partial charge on any atom is 0.135 e. The minimum absolute atomic E-state index is 0.835. The lowest BCUT2D eigenvalue weighted by molar-refractivity contribution is 0.602. The van der Waals surface area contributed by atoms with Crippen LogP contribution in [0, 0.1) is 6.92 Å². The normalized spacial score (nSPS) is 11.7. The summed E-state index contributed by atoms with van der Waals surface area (Å²) in [6.07, 6.45) is 1.66. The second-order valence-corrected chi connectivity index (χ2v) is 4.40. The quantitative estimate of drug-likeness (QED) is 0.705. The molecular weight excluding hydrogens is 236 g/mol. The number of hydrogen-bond acceptors (Lipinski definition) is 3. The lowest BCUT2D eigenvalue weighted by Crippen LogP contribution is -2.06. The molecule has 2 aromatic carbocycles. The van der Waals surface area contributed by atoms with Crippen molar-refractivity contribution < 1.29 is 4.42 Å². The van der Waals surface area contributed by atoms with E-state index in [4.69, 9.17) is 4.42 Å². The van der Waals surface area contributed by atoms with Crippen LogP contribution in [0.1, 0.15) is 5.56 Å². The lowest BCUT2D eigenvalue weighted by Gasteiger charge is -2.01. The molecule has 3 heteroatoms. The van der Waals surface area contributed by atoms with Crippen molar-refractivity contribution in [3.8, 4) is 0 Å². The summed E-state index contributed by atoms with van der Waals surface area (Å²) >= 11 is 0. The third-order valence-electron chi connectivity index (χ3n) is 2.91. The highest BCUT2D eigenvalue weighted by molar-refractivity contribution is 5.76. The van der Waals surface area contributed by atoms with Crippen LogP contribution in [-0.2, 0) is 0 Å². The highest BCUT2D eigenvalue weighted by atomic mass is 16.3. The molecule has 1 aromatic heterocycles. The van der Waals surface area contributed by atoms with Crippen molar-refractivity contribution in [1.82, 2.24) is 0 Å². The molecule has 0 saturated carbocycles. The van der Waals surface area contributed by atoms with E-state index in [1.54, 1.807) is 6.26 Å². The summed E-state index contributed by atoms with van der Waals surface area (Å²) in [7, 11) is 0. The van der Waals surface area contributed by atoms with Crippen LogP contribution in [0.3, 0.4) is 0 Å². The minimum Gasteiger partial charge on any atom is -0.464 e. The standard InChI is InChI=1S/C16H14N2O/c1-12-7-8-16-14(11-12)15(9-10-19-16)18-17-13-5-3-2-4-6-13/h2-11,17H,1H3/b18-15+. The van der Waals surface area contributed by atoms with E-state index < -0.39 is 0 Å². The van der Waals surface area contributed by atoms with Crippen molar-refractivity contribution in [1.29, 1.82) is 0 Å². The first kappa shape index (κ1) is 11.5. The number of aryl methyl sites for hydroxylation is 1. The Morgan fingerprint density at radius 2 is 1.84 bits per heavy atom. The van der Waals surface area contributed by atoms with Crippen molar-refractivity contribution >= 4 is 16.7 Å². The number of para-hydroxylation sites is 1. The molecule has 0 amide bonds. The Morgan fingerprint density at radius 3 is 2.68 bits per heavy atom. The molecule has 0 aliphatic rings.